The highest BCUT2D eigenvalue weighted by molar-refractivity contribution is 5.88. The van der Waals surface area contributed by atoms with Gasteiger partial charge in [-0.05, 0) is 54.2 Å². The normalized spacial score (nSPS) is 14.4. The molecule has 2 aromatic rings. The van der Waals surface area contributed by atoms with Gasteiger partial charge in [-0.2, -0.15) is 0 Å². The average molecular weight is 338 g/mol. The Bertz CT molecular complexity index is 743. The Morgan fingerprint density at radius 3 is 2.44 bits per heavy atom. The summed E-state index contributed by atoms with van der Waals surface area (Å²) in [5.74, 6) is 0.280. The van der Waals surface area contributed by atoms with E-state index in [4.69, 9.17) is 9.84 Å². The van der Waals surface area contributed by atoms with E-state index in [1.165, 1.54) is 43.4 Å². The molecule has 25 heavy (non-hydrogen) atoms. The Balaban J connectivity index is 1.52. The third-order valence-corrected chi connectivity index (χ3v) is 4.68. The molecular formula is C21H22O4. The first-order chi connectivity index (χ1) is 12.1. The summed E-state index contributed by atoms with van der Waals surface area (Å²) in [6.45, 7) is -0.0138. The molecular weight excluding hydrogens is 316 g/mol. The molecule has 0 unspecified atom stereocenters. The van der Waals surface area contributed by atoms with Gasteiger partial charge < -0.3 is 9.84 Å². The maximum atomic E-state index is 12.1. The molecule has 0 amide bonds. The smallest absolute Gasteiger partial charge is 0.335 e. The minimum atomic E-state index is -0.993. The van der Waals surface area contributed by atoms with Gasteiger partial charge in [0.2, 0.25) is 0 Å². The van der Waals surface area contributed by atoms with Crippen LogP contribution in [-0.4, -0.2) is 23.5 Å². The monoisotopic (exact) mass is 338 g/mol. The number of rotatable bonds is 7. The molecule has 0 heterocycles. The number of carboxylic acid groups (broad SMARTS) is 1. The van der Waals surface area contributed by atoms with Crippen LogP contribution < -0.4 is 4.74 Å². The second-order valence-electron chi connectivity index (χ2n) is 6.56. The maximum Gasteiger partial charge on any atom is 0.335 e. The molecule has 2 aromatic carbocycles. The van der Waals surface area contributed by atoms with E-state index in [0.717, 1.165) is 0 Å². The summed E-state index contributed by atoms with van der Waals surface area (Å²) in [5.41, 5.74) is 2.22. The van der Waals surface area contributed by atoms with Gasteiger partial charge in [0.25, 0.3) is 0 Å². The van der Waals surface area contributed by atoms with Crippen LogP contribution in [0.4, 0.5) is 0 Å². The van der Waals surface area contributed by atoms with Crippen molar-refractivity contribution in [2.75, 3.05) is 6.61 Å². The molecule has 3 rings (SSSR count). The molecule has 0 radical (unpaired) electrons. The first kappa shape index (κ1) is 17.2. The highest BCUT2D eigenvalue weighted by Crippen LogP contribution is 2.34. The van der Waals surface area contributed by atoms with Crippen molar-refractivity contribution in [3.05, 3.63) is 65.2 Å². The fraction of sp³-hybridized carbons (Fsp3) is 0.333. The zero-order valence-electron chi connectivity index (χ0n) is 14.1. The van der Waals surface area contributed by atoms with Crippen molar-refractivity contribution < 1.29 is 19.4 Å². The number of carbonyl (C=O) groups is 2. The van der Waals surface area contributed by atoms with Crippen molar-refractivity contribution in [3.63, 3.8) is 0 Å². The van der Waals surface area contributed by atoms with Crippen molar-refractivity contribution in [2.24, 2.45) is 0 Å². The Morgan fingerprint density at radius 1 is 1.04 bits per heavy atom. The van der Waals surface area contributed by atoms with E-state index in [1.807, 2.05) is 12.1 Å². The van der Waals surface area contributed by atoms with Crippen molar-refractivity contribution >= 4 is 11.8 Å². The second-order valence-corrected chi connectivity index (χ2v) is 6.56. The Kier molecular flexibility index (Phi) is 5.49. The fourth-order valence-electron chi connectivity index (χ4n) is 3.35. The van der Waals surface area contributed by atoms with Gasteiger partial charge in [0.15, 0.2) is 5.78 Å². The third kappa shape index (κ3) is 4.69. The van der Waals surface area contributed by atoms with Gasteiger partial charge >= 0.3 is 5.97 Å². The van der Waals surface area contributed by atoms with E-state index in [2.05, 4.69) is 12.1 Å². The van der Waals surface area contributed by atoms with Crippen LogP contribution in [0.2, 0.25) is 0 Å². The number of ketones is 1. The average Bonchev–Trinajstić information content (AvgIpc) is 3.15. The fourth-order valence-corrected chi connectivity index (χ4v) is 3.35. The summed E-state index contributed by atoms with van der Waals surface area (Å²) < 4.78 is 5.57. The Labute approximate surface area is 147 Å². The summed E-state index contributed by atoms with van der Waals surface area (Å²) in [6.07, 6.45) is 5.30. The van der Waals surface area contributed by atoms with Crippen molar-refractivity contribution in [1.29, 1.82) is 0 Å². The summed E-state index contributed by atoms with van der Waals surface area (Å²) in [6, 6.07) is 14.5. The molecule has 130 valence electrons. The quantitative estimate of drug-likeness (QED) is 0.820. The summed E-state index contributed by atoms with van der Waals surface area (Å²) >= 11 is 0. The number of aromatic carboxylic acids is 1. The van der Waals surface area contributed by atoms with Crippen LogP contribution in [-0.2, 0) is 11.2 Å². The van der Waals surface area contributed by atoms with E-state index in [0.29, 0.717) is 17.2 Å². The first-order valence-corrected chi connectivity index (χ1v) is 8.68. The van der Waals surface area contributed by atoms with Gasteiger partial charge in [-0.3, -0.25) is 4.79 Å². The van der Waals surface area contributed by atoms with E-state index in [9.17, 15) is 9.59 Å². The number of Topliss-reactive ketones (excluding diaryl/α,β-unsaturated/α-hetero) is 1. The number of hydrogen-bond donors (Lipinski definition) is 1. The number of carbonyl (C=O) groups excluding carboxylic acids is 1. The molecule has 1 N–H and O–H groups in total. The van der Waals surface area contributed by atoms with Crippen molar-refractivity contribution in [3.8, 4) is 5.75 Å². The summed E-state index contributed by atoms with van der Waals surface area (Å²) in [7, 11) is 0. The Morgan fingerprint density at radius 2 is 1.76 bits per heavy atom. The minimum absolute atomic E-state index is 0.0138. The minimum Gasteiger partial charge on any atom is -0.486 e. The molecule has 0 aliphatic heterocycles. The van der Waals surface area contributed by atoms with E-state index in [-0.39, 0.29) is 24.4 Å². The third-order valence-electron chi connectivity index (χ3n) is 4.68. The van der Waals surface area contributed by atoms with Gasteiger partial charge in [-0.1, -0.05) is 37.1 Å². The molecule has 1 saturated carbocycles. The van der Waals surface area contributed by atoms with E-state index >= 15 is 0 Å². The number of ether oxygens (including phenoxy) is 1. The lowest BCUT2D eigenvalue weighted by Crippen LogP contribution is -2.14. The molecule has 1 aliphatic rings. The zero-order chi connectivity index (χ0) is 17.6. The molecule has 0 aromatic heterocycles. The van der Waals surface area contributed by atoms with Gasteiger partial charge in [-0.15, -0.1) is 0 Å². The number of carboxylic acids is 1. The van der Waals surface area contributed by atoms with Gasteiger partial charge in [0, 0.05) is 6.42 Å². The largest absolute Gasteiger partial charge is 0.486 e. The van der Waals surface area contributed by atoms with Crippen LogP contribution >= 0.6 is 0 Å². The van der Waals surface area contributed by atoms with Crippen molar-refractivity contribution in [2.45, 2.75) is 38.0 Å². The van der Waals surface area contributed by atoms with Gasteiger partial charge in [-0.25, -0.2) is 4.79 Å². The molecule has 0 bridgehead atoms. The molecule has 0 spiro atoms. The maximum absolute atomic E-state index is 12.1. The predicted molar refractivity (Wildman–Crippen MR) is 95.3 cm³/mol. The molecule has 4 nitrogen and oxygen atoms in total. The van der Waals surface area contributed by atoms with Crippen LogP contribution in [0.25, 0.3) is 0 Å². The summed E-state index contributed by atoms with van der Waals surface area (Å²) in [5, 5.41) is 8.99. The molecule has 0 saturated heterocycles. The molecule has 1 fully saturated rings. The highest BCUT2D eigenvalue weighted by Gasteiger charge is 2.16. The van der Waals surface area contributed by atoms with Crippen LogP contribution in [0.5, 0.6) is 5.75 Å². The van der Waals surface area contributed by atoms with Gasteiger partial charge in [0.05, 0.1) is 5.56 Å². The van der Waals surface area contributed by atoms with E-state index in [1.54, 1.807) is 12.1 Å². The van der Waals surface area contributed by atoms with Crippen LogP contribution in [0.1, 0.15) is 53.1 Å². The predicted octanol–water partition coefficient (Wildman–Crippen LogP) is 4.23. The Hall–Kier alpha value is -2.62. The standard InChI is InChI=1S/C21H22O4/c22-19(13-15-4-3-7-18(12-15)21(23)24)14-25-20-10-8-17(9-11-20)16-5-1-2-6-16/h3-4,7-12,16H,1-2,5-6,13-14H2,(H,23,24). The van der Waals surface area contributed by atoms with Crippen molar-refractivity contribution in [1.82, 2.24) is 0 Å². The lowest BCUT2D eigenvalue weighted by Gasteiger charge is -2.11. The topological polar surface area (TPSA) is 63.6 Å². The van der Waals surface area contributed by atoms with Gasteiger partial charge in [0.1, 0.15) is 12.4 Å². The molecule has 0 atom stereocenters. The zero-order valence-corrected chi connectivity index (χ0v) is 14.1. The molecule has 4 heteroatoms. The second kappa shape index (κ2) is 7.97. The van der Waals surface area contributed by atoms with E-state index < -0.39 is 5.97 Å². The first-order valence-electron chi connectivity index (χ1n) is 8.68. The lowest BCUT2D eigenvalue weighted by molar-refractivity contribution is -0.120. The van der Waals surface area contributed by atoms with Crippen LogP contribution in [0.15, 0.2) is 48.5 Å². The lowest BCUT2D eigenvalue weighted by atomic mass is 9.98. The summed E-state index contributed by atoms with van der Waals surface area (Å²) in [4.78, 5) is 23.0. The molecule has 1 aliphatic carbocycles. The number of hydrogen-bond acceptors (Lipinski definition) is 3. The van der Waals surface area contributed by atoms with Crippen LogP contribution in [0.3, 0.4) is 0 Å². The van der Waals surface area contributed by atoms with Crippen LogP contribution in [0, 0.1) is 0 Å². The SMILES string of the molecule is O=C(COc1ccc(C2CCCC2)cc1)Cc1cccc(C(=O)O)c1. The highest BCUT2D eigenvalue weighted by atomic mass is 16.5. The number of benzene rings is 2.